The minimum absolute atomic E-state index is 0.244. The molecule has 1 aromatic heterocycles. The predicted octanol–water partition coefficient (Wildman–Crippen LogP) is 3.03. The van der Waals surface area contributed by atoms with Crippen molar-refractivity contribution in [3.05, 3.63) is 53.6 Å². The van der Waals surface area contributed by atoms with Crippen LogP contribution < -0.4 is 5.73 Å². The maximum absolute atomic E-state index is 12.3. The monoisotopic (exact) mass is 286 g/mol. The lowest BCUT2D eigenvalue weighted by molar-refractivity contribution is 0.477. The maximum atomic E-state index is 12.3. The standard InChI is InChI=1S/C15H14N2O2S/c1-10-4-2-3-5-11(10)9-20(18)15-17-13-7-6-12(16)8-14(13)19-15/h2-8H,9,16H2,1H3. The average molecular weight is 286 g/mol. The van der Waals surface area contributed by atoms with Crippen LogP contribution in [0.4, 0.5) is 5.69 Å². The summed E-state index contributed by atoms with van der Waals surface area (Å²) in [5.41, 5.74) is 9.68. The molecule has 2 aromatic carbocycles. The number of aromatic nitrogens is 1. The van der Waals surface area contributed by atoms with Crippen LogP contribution in [0.15, 0.2) is 52.1 Å². The highest BCUT2D eigenvalue weighted by Gasteiger charge is 2.14. The van der Waals surface area contributed by atoms with Crippen LogP contribution in [-0.4, -0.2) is 9.19 Å². The highest BCUT2D eigenvalue weighted by atomic mass is 32.2. The van der Waals surface area contributed by atoms with Gasteiger partial charge < -0.3 is 10.2 Å². The van der Waals surface area contributed by atoms with E-state index in [0.717, 1.165) is 11.1 Å². The Morgan fingerprint density at radius 2 is 2.05 bits per heavy atom. The van der Waals surface area contributed by atoms with Gasteiger partial charge >= 0.3 is 0 Å². The van der Waals surface area contributed by atoms with Crippen molar-refractivity contribution in [2.45, 2.75) is 17.9 Å². The zero-order valence-electron chi connectivity index (χ0n) is 11.0. The van der Waals surface area contributed by atoms with Gasteiger partial charge in [-0.2, -0.15) is 0 Å². The van der Waals surface area contributed by atoms with Crippen molar-refractivity contribution in [3.63, 3.8) is 0 Å². The number of oxazole rings is 1. The molecule has 1 unspecified atom stereocenters. The van der Waals surface area contributed by atoms with E-state index in [1.807, 2.05) is 31.2 Å². The summed E-state index contributed by atoms with van der Waals surface area (Å²) < 4.78 is 17.9. The molecular formula is C15H14N2O2S. The van der Waals surface area contributed by atoms with Gasteiger partial charge in [-0.15, -0.1) is 0 Å². The summed E-state index contributed by atoms with van der Waals surface area (Å²) in [5.74, 6) is 0.398. The fraction of sp³-hybridized carbons (Fsp3) is 0.133. The number of hydrogen-bond acceptors (Lipinski definition) is 4. The van der Waals surface area contributed by atoms with Gasteiger partial charge in [0.25, 0.3) is 5.22 Å². The smallest absolute Gasteiger partial charge is 0.288 e. The summed E-state index contributed by atoms with van der Waals surface area (Å²) >= 11 is 0. The summed E-state index contributed by atoms with van der Waals surface area (Å²) in [6.45, 7) is 2.00. The van der Waals surface area contributed by atoms with E-state index in [1.165, 1.54) is 0 Å². The lowest BCUT2D eigenvalue weighted by Gasteiger charge is -2.02. The van der Waals surface area contributed by atoms with Crippen LogP contribution in [0.5, 0.6) is 0 Å². The highest BCUT2D eigenvalue weighted by Crippen LogP contribution is 2.22. The first-order valence-corrected chi connectivity index (χ1v) is 7.54. The number of nitrogens with two attached hydrogens (primary N) is 1. The molecule has 1 heterocycles. The normalized spacial score (nSPS) is 12.7. The second kappa shape index (κ2) is 5.09. The third-order valence-electron chi connectivity index (χ3n) is 3.14. The van der Waals surface area contributed by atoms with Crippen LogP contribution >= 0.6 is 0 Å². The average Bonchev–Trinajstić information content (AvgIpc) is 2.84. The Hall–Kier alpha value is -2.14. The molecule has 0 aliphatic rings. The van der Waals surface area contributed by atoms with E-state index in [9.17, 15) is 4.21 Å². The Kier molecular flexibility index (Phi) is 3.28. The molecule has 102 valence electrons. The Balaban J connectivity index is 1.91. The minimum atomic E-state index is -1.30. The number of aryl methyl sites for hydroxylation is 1. The van der Waals surface area contributed by atoms with E-state index < -0.39 is 10.8 Å². The van der Waals surface area contributed by atoms with E-state index in [2.05, 4.69) is 4.98 Å². The van der Waals surface area contributed by atoms with Gasteiger partial charge in [0.1, 0.15) is 16.3 Å². The maximum Gasteiger partial charge on any atom is 0.288 e. The van der Waals surface area contributed by atoms with Crippen molar-refractivity contribution in [3.8, 4) is 0 Å². The van der Waals surface area contributed by atoms with Gasteiger partial charge in [0.2, 0.25) is 0 Å². The molecule has 0 aliphatic carbocycles. The third kappa shape index (κ3) is 2.44. The molecule has 0 fully saturated rings. The van der Waals surface area contributed by atoms with Crippen molar-refractivity contribution in [2.24, 2.45) is 0 Å². The second-order valence-corrected chi connectivity index (χ2v) is 5.95. The quantitative estimate of drug-likeness (QED) is 0.751. The molecule has 0 amide bonds. The Morgan fingerprint density at radius 3 is 2.85 bits per heavy atom. The molecule has 0 spiro atoms. The van der Waals surface area contributed by atoms with Gasteiger partial charge in [0, 0.05) is 11.8 Å². The number of anilines is 1. The fourth-order valence-corrected chi connectivity index (χ4v) is 3.11. The van der Waals surface area contributed by atoms with Gasteiger partial charge in [-0.1, -0.05) is 24.3 Å². The zero-order chi connectivity index (χ0) is 14.1. The molecular weight excluding hydrogens is 272 g/mol. The summed E-state index contributed by atoms with van der Waals surface area (Å²) in [5, 5.41) is 0.244. The second-order valence-electron chi connectivity index (χ2n) is 4.62. The first kappa shape index (κ1) is 12.9. The number of fused-ring (bicyclic) bond motifs is 1. The van der Waals surface area contributed by atoms with Crippen molar-refractivity contribution in [2.75, 3.05) is 5.73 Å². The molecule has 0 bridgehead atoms. The fourth-order valence-electron chi connectivity index (χ4n) is 1.99. The molecule has 3 aromatic rings. The van der Waals surface area contributed by atoms with Crippen molar-refractivity contribution < 1.29 is 8.63 Å². The van der Waals surface area contributed by atoms with Gasteiger partial charge in [-0.05, 0) is 30.2 Å². The van der Waals surface area contributed by atoms with Crippen LogP contribution in [0.2, 0.25) is 0 Å². The van der Waals surface area contributed by atoms with Crippen molar-refractivity contribution >= 4 is 27.6 Å². The number of nitrogen functional groups attached to an aromatic ring is 1. The van der Waals surface area contributed by atoms with Crippen LogP contribution in [0, 0.1) is 6.92 Å². The van der Waals surface area contributed by atoms with Gasteiger partial charge in [0.05, 0.1) is 5.75 Å². The Bertz CT molecular complexity index is 795. The van der Waals surface area contributed by atoms with Crippen LogP contribution in [-0.2, 0) is 16.6 Å². The van der Waals surface area contributed by atoms with E-state index in [1.54, 1.807) is 18.2 Å². The zero-order valence-corrected chi connectivity index (χ0v) is 11.8. The molecule has 1 atom stereocenters. The van der Waals surface area contributed by atoms with E-state index in [-0.39, 0.29) is 5.22 Å². The highest BCUT2D eigenvalue weighted by molar-refractivity contribution is 7.84. The summed E-state index contributed by atoms with van der Waals surface area (Å²) in [7, 11) is -1.30. The summed E-state index contributed by atoms with van der Waals surface area (Å²) in [4.78, 5) is 4.26. The molecule has 20 heavy (non-hydrogen) atoms. The first-order chi connectivity index (χ1) is 9.63. The van der Waals surface area contributed by atoms with E-state index in [0.29, 0.717) is 22.5 Å². The molecule has 0 saturated carbocycles. The molecule has 2 N–H and O–H groups in total. The van der Waals surface area contributed by atoms with Crippen LogP contribution in [0.25, 0.3) is 11.1 Å². The Morgan fingerprint density at radius 1 is 1.25 bits per heavy atom. The summed E-state index contributed by atoms with van der Waals surface area (Å²) in [6, 6.07) is 13.1. The topological polar surface area (TPSA) is 69.1 Å². The number of hydrogen-bond donors (Lipinski definition) is 1. The van der Waals surface area contributed by atoms with Crippen molar-refractivity contribution in [1.82, 2.24) is 4.98 Å². The lowest BCUT2D eigenvalue weighted by atomic mass is 10.1. The first-order valence-electron chi connectivity index (χ1n) is 6.22. The molecule has 0 aliphatic heterocycles. The van der Waals surface area contributed by atoms with Crippen LogP contribution in [0.1, 0.15) is 11.1 Å². The number of nitrogens with zero attached hydrogens (tertiary/aromatic N) is 1. The Labute approximate surface area is 119 Å². The molecule has 3 rings (SSSR count). The van der Waals surface area contributed by atoms with Gasteiger partial charge in [-0.3, -0.25) is 0 Å². The van der Waals surface area contributed by atoms with E-state index in [4.69, 9.17) is 10.2 Å². The molecule has 5 heteroatoms. The SMILES string of the molecule is Cc1ccccc1CS(=O)c1nc2ccc(N)cc2o1. The predicted molar refractivity (Wildman–Crippen MR) is 79.7 cm³/mol. The third-order valence-corrected chi connectivity index (χ3v) is 4.27. The van der Waals surface area contributed by atoms with Gasteiger partial charge in [0.15, 0.2) is 5.58 Å². The molecule has 0 radical (unpaired) electrons. The molecule has 4 nitrogen and oxygen atoms in total. The number of benzene rings is 2. The number of rotatable bonds is 3. The molecule has 0 saturated heterocycles. The minimum Gasteiger partial charge on any atom is -0.430 e. The van der Waals surface area contributed by atoms with E-state index >= 15 is 0 Å². The van der Waals surface area contributed by atoms with Crippen molar-refractivity contribution in [1.29, 1.82) is 0 Å². The summed E-state index contributed by atoms with van der Waals surface area (Å²) in [6.07, 6.45) is 0. The van der Waals surface area contributed by atoms with Crippen LogP contribution in [0.3, 0.4) is 0 Å². The largest absolute Gasteiger partial charge is 0.430 e. The lowest BCUT2D eigenvalue weighted by Crippen LogP contribution is -1.98. The van der Waals surface area contributed by atoms with Gasteiger partial charge in [-0.25, -0.2) is 9.19 Å².